The lowest BCUT2D eigenvalue weighted by atomic mass is 10.1. The maximum atomic E-state index is 12.1. The Hall–Kier alpha value is -4.06. The average molecular weight is 431 g/mol. The summed E-state index contributed by atoms with van der Waals surface area (Å²) in [4.78, 5) is 12.1. The molecule has 6 heteroatoms. The first-order valence-electron chi connectivity index (χ1n) is 10.3. The van der Waals surface area contributed by atoms with Crippen LogP contribution in [0.4, 0.5) is 0 Å². The third kappa shape index (κ3) is 6.22. The van der Waals surface area contributed by atoms with Gasteiger partial charge in [-0.25, -0.2) is 5.43 Å². The summed E-state index contributed by atoms with van der Waals surface area (Å²) >= 11 is 0. The zero-order valence-electron chi connectivity index (χ0n) is 18.0. The number of nitrogens with zero attached hydrogens (tertiary/aromatic N) is 1. The van der Waals surface area contributed by atoms with Crippen molar-refractivity contribution in [2.24, 2.45) is 5.10 Å². The minimum absolute atomic E-state index is 0.0830. The summed E-state index contributed by atoms with van der Waals surface area (Å²) in [5.74, 6) is 0.655. The van der Waals surface area contributed by atoms with E-state index in [1.807, 2.05) is 61.5 Å². The van der Waals surface area contributed by atoms with Crippen molar-refractivity contribution in [2.75, 3.05) is 13.2 Å². The van der Waals surface area contributed by atoms with Crippen molar-refractivity contribution in [3.63, 3.8) is 0 Å². The van der Waals surface area contributed by atoms with E-state index in [1.165, 1.54) is 6.21 Å². The number of hydrogen-bond acceptors (Lipinski definition) is 5. The van der Waals surface area contributed by atoms with E-state index < -0.39 is 0 Å². The van der Waals surface area contributed by atoms with E-state index in [1.54, 1.807) is 18.2 Å². The number of aromatic hydroxyl groups is 1. The Morgan fingerprint density at radius 2 is 1.78 bits per heavy atom. The molecule has 0 aliphatic rings. The third-order valence-corrected chi connectivity index (χ3v) is 4.57. The zero-order chi connectivity index (χ0) is 22.8. The van der Waals surface area contributed by atoms with Gasteiger partial charge in [-0.05, 0) is 54.3 Å². The zero-order valence-corrected chi connectivity index (χ0v) is 18.0. The lowest BCUT2D eigenvalue weighted by Gasteiger charge is -2.11. The topological polar surface area (TPSA) is 80.2 Å². The van der Waals surface area contributed by atoms with Crippen molar-refractivity contribution < 1.29 is 19.4 Å². The van der Waals surface area contributed by atoms with E-state index in [-0.39, 0.29) is 18.3 Å². The Bertz CT molecular complexity index is 1080. The number of carbonyl (C=O) groups excluding carboxylic acids is 1. The highest BCUT2D eigenvalue weighted by Gasteiger charge is 2.10. The summed E-state index contributed by atoms with van der Waals surface area (Å²) in [6.07, 6.45) is 3.66. The second-order valence-corrected chi connectivity index (χ2v) is 6.92. The van der Waals surface area contributed by atoms with Crippen LogP contribution in [0.15, 0.2) is 84.5 Å². The third-order valence-electron chi connectivity index (χ3n) is 4.57. The molecule has 0 bridgehead atoms. The van der Waals surface area contributed by atoms with Crippen LogP contribution in [0.5, 0.6) is 17.2 Å². The fourth-order valence-corrected chi connectivity index (χ4v) is 3.07. The molecule has 0 saturated heterocycles. The summed E-state index contributed by atoms with van der Waals surface area (Å²) in [7, 11) is 0. The van der Waals surface area contributed by atoms with Crippen molar-refractivity contribution in [3.05, 3.63) is 90.5 Å². The van der Waals surface area contributed by atoms with E-state index in [9.17, 15) is 9.90 Å². The smallest absolute Gasteiger partial charge is 0.277 e. The van der Waals surface area contributed by atoms with Gasteiger partial charge in [-0.15, -0.1) is 6.58 Å². The SMILES string of the molecule is C=CCc1cc(/C=N/NC(=O)COc2ccc(-c3ccccc3)cc2)cc(OCC)c1O. The predicted octanol–water partition coefficient (Wildman–Crippen LogP) is 4.72. The van der Waals surface area contributed by atoms with Crippen LogP contribution in [0.2, 0.25) is 0 Å². The summed E-state index contributed by atoms with van der Waals surface area (Å²) in [6.45, 7) is 5.79. The van der Waals surface area contributed by atoms with Gasteiger partial charge in [-0.1, -0.05) is 48.5 Å². The molecular weight excluding hydrogens is 404 g/mol. The number of phenols is 1. The molecule has 3 aromatic carbocycles. The number of allylic oxidation sites excluding steroid dienone is 1. The van der Waals surface area contributed by atoms with E-state index in [2.05, 4.69) is 17.1 Å². The standard InChI is InChI=1S/C26H26N2O4/c1-3-8-22-15-19(16-24(26(22)30)31-4-2)17-27-28-25(29)18-32-23-13-11-21(12-14-23)20-9-6-5-7-10-20/h3,5-7,9-17,30H,1,4,8,18H2,2H3,(H,28,29)/b27-17+. The number of rotatable bonds is 10. The lowest BCUT2D eigenvalue weighted by molar-refractivity contribution is -0.123. The van der Waals surface area contributed by atoms with Gasteiger partial charge in [0.1, 0.15) is 5.75 Å². The summed E-state index contributed by atoms with van der Waals surface area (Å²) in [5, 5.41) is 14.2. The van der Waals surface area contributed by atoms with Gasteiger partial charge in [-0.3, -0.25) is 4.79 Å². The molecule has 0 radical (unpaired) electrons. The van der Waals surface area contributed by atoms with E-state index in [4.69, 9.17) is 9.47 Å². The number of benzene rings is 3. The highest BCUT2D eigenvalue weighted by molar-refractivity contribution is 5.84. The van der Waals surface area contributed by atoms with Gasteiger partial charge in [0.15, 0.2) is 18.1 Å². The van der Waals surface area contributed by atoms with Crippen LogP contribution in [0, 0.1) is 0 Å². The maximum absolute atomic E-state index is 12.1. The molecule has 0 spiro atoms. The molecule has 6 nitrogen and oxygen atoms in total. The number of nitrogens with one attached hydrogen (secondary N) is 1. The number of amides is 1. The van der Waals surface area contributed by atoms with Gasteiger partial charge in [-0.2, -0.15) is 5.10 Å². The second-order valence-electron chi connectivity index (χ2n) is 6.92. The molecule has 0 fully saturated rings. The molecule has 0 aliphatic carbocycles. The van der Waals surface area contributed by atoms with E-state index in [0.29, 0.717) is 35.7 Å². The van der Waals surface area contributed by atoms with Crippen LogP contribution in [0.1, 0.15) is 18.1 Å². The van der Waals surface area contributed by atoms with Crippen LogP contribution in [0.3, 0.4) is 0 Å². The predicted molar refractivity (Wildman–Crippen MR) is 126 cm³/mol. The molecule has 0 unspecified atom stereocenters. The van der Waals surface area contributed by atoms with Crippen molar-refractivity contribution in [1.29, 1.82) is 0 Å². The molecule has 0 heterocycles. The minimum Gasteiger partial charge on any atom is -0.504 e. The van der Waals surface area contributed by atoms with Crippen LogP contribution in [0.25, 0.3) is 11.1 Å². The summed E-state index contributed by atoms with van der Waals surface area (Å²) in [5.41, 5.74) is 5.97. The van der Waals surface area contributed by atoms with E-state index in [0.717, 1.165) is 11.1 Å². The molecule has 0 aliphatic heterocycles. The number of carbonyl (C=O) groups is 1. The Balaban J connectivity index is 1.55. The number of hydrazone groups is 1. The van der Waals surface area contributed by atoms with Crippen molar-refractivity contribution in [1.82, 2.24) is 5.43 Å². The normalized spacial score (nSPS) is 10.7. The Kier molecular flexibility index (Phi) is 8.03. The molecule has 32 heavy (non-hydrogen) atoms. The highest BCUT2D eigenvalue weighted by Crippen LogP contribution is 2.32. The summed E-state index contributed by atoms with van der Waals surface area (Å²) in [6, 6.07) is 21.0. The highest BCUT2D eigenvalue weighted by atomic mass is 16.5. The molecule has 164 valence electrons. The number of phenolic OH excluding ortho intramolecular Hbond substituents is 1. The van der Waals surface area contributed by atoms with E-state index >= 15 is 0 Å². The molecule has 3 aromatic rings. The monoisotopic (exact) mass is 430 g/mol. The largest absolute Gasteiger partial charge is 0.504 e. The fraction of sp³-hybridized carbons (Fsp3) is 0.154. The van der Waals surface area contributed by atoms with Crippen molar-refractivity contribution >= 4 is 12.1 Å². The molecule has 0 atom stereocenters. The van der Waals surface area contributed by atoms with Crippen LogP contribution in [-0.4, -0.2) is 30.4 Å². The van der Waals surface area contributed by atoms with Crippen LogP contribution < -0.4 is 14.9 Å². The maximum Gasteiger partial charge on any atom is 0.277 e. The Morgan fingerprint density at radius 1 is 1.06 bits per heavy atom. The second kappa shape index (κ2) is 11.4. The molecule has 3 rings (SSSR count). The first-order valence-corrected chi connectivity index (χ1v) is 10.3. The molecular formula is C26H26N2O4. The first kappa shape index (κ1) is 22.6. The minimum atomic E-state index is -0.386. The van der Waals surface area contributed by atoms with Gasteiger partial charge in [0, 0.05) is 5.56 Å². The lowest BCUT2D eigenvalue weighted by Crippen LogP contribution is -2.24. The quantitative estimate of drug-likeness (QED) is 0.277. The Morgan fingerprint density at radius 3 is 2.47 bits per heavy atom. The van der Waals surface area contributed by atoms with Gasteiger partial charge in [0.05, 0.1) is 12.8 Å². The summed E-state index contributed by atoms with van der Waals surface area (Å²) < 4.78 is 11.0. The van der Waals surface area contributed by atoms with Crippen molar-refractivity contribution in [3.8, 4) is 28.4 Å². The molecule has 0 aromatic heterocycles. The average Bonchev–Trinajstić information content (AvgIpc) is 2.82. The van der Waals surface area contributed by atoms with Crippen LogP contribution >= 0.6 is 0 Å². The van der Waals surface area contributed by atoms with Crippen molar-refractivity contribution in [2.45, 2.75) is 13.3 Å². The number of hydrogen-bond donors (Lipinski definition) is 2. The van der Waals surface area contributed by atoms with Gasteiger partial charge in [0.2, 0.25) is 0 Å². The van der Waals surface area contributed by atoms with Gasteiger partial charge in [0.25, 0.3) is 5.91 Å². The van der Waals surface area contributed by atoms with Gasteiger partial charge >= 0.3 is 0 Å². The van der Waals surface area contributed by atoms with Gasteiger partial charge < -0.3 is 14.6 Å². The van der Waals surface area contributed by atoms with Crippen LogP contribution in [-0.2, 0) is 11.2 Å². The Labute approximate surface area is 187 Å². The number of ether oxygens (including phenoxy) is 2. The first-order chi connectivity index (χ1) is 15.6. The molecule has 1 amide bonds. The molecule has 2 N–H and O–H groups in total. The fourth-order valence-electron chi connectivity index (χ4n) is 3.07. The molecule has 0 saturated carbocycles.